The number of carbonyl (C=O) groups is 1. The van der Waals surface area contributed by atoms with Crippen LogP contribution in [0.4, 0.5) is 0 Å². The number of halogens is 1. The Bertz CT molecular complexity index is 333. The van der Waals surface area contributed by atoms with E-state index in [4.69, 9.17) is 5.73 Å². The van der Waals surface area contributed by atoms with Crippen LogP contribution in [-0.4, -0.2) is 50.1 Å². The van der Waals surface area contributed by atoms with Crippen molar-refractivity contribution in [2.45, 2.75) is 19.4 Å². The largest absolute Gasteiger partial charge is 0.351 e. The smallest absolute Gasteiger partial charge is 0.235 e. The van der Waals surface area contributed by atoms with E-state index in [-0.39, 0.29) is 36.7 Å². The second kappa shape index (κ2) is 6.39. The highest BCUT2D eigenvalue weighted by Crippen LogP contribution is 2.12. The molecule has 3 N–H and O–H groups in total. The van der Waals surface area contributed by atoms with E-state index in [1.165, 1.54) is 4.31 Å². The lowest BCUT2D eigenvalue weighted by atomic mass is 10.3. The first-order valence-corrected chi connectivity index (χ1v) is 6.54. The Morgan fingerprint density at radius 1 is 1.56 bits per heavy atom. The van der Waals surface area contributed by atoms with Gasteiger partial charge in [-0.1, -0.05) is 0 Å². The maximum Gasteiger partial charge on any atom is 0.235 e. The number of nitrogens with one attached hydrogen (secondary N) is 1. The molecule has 1 heterocycles. The lowest BCUT2D eigenvalue weighted by Gasteiger charge is -2.16. The van der Waals surface area contributed by atoms with Crippen LogP contribution in [0.25, 0.3) is 0 Å². The Hall–Kier alpha value is -0.370. The minimum atomic E-state index is -3.18. The van der Waals surface area contributed by atoms with Crippen LogP contribution < -0.4 is 11.1 Å². The van der Waals surface area contributed by atoms with Gasteiger partial charge in [-0.25, -0.2) is 8.42 Å². The van der Waals surface area contributed by atoms with Crippen molar-refractivity contribution in [2.75, 3.05) is 25.4 Å². The molecule has 0 saturated carbocycles. The number of carbonyl (C=O) groups excluding carboxylic acids is 1. The normalized spacial score (nSPS) is 21.1. The summed E-state index contributed by atoms with van der Waals surface area (Å²) in [6.07, 6.45) is 0.599. The summed E-state index contributed by atoms with van der Waals surface area (Å²) in [5.74, 6) is -0.148. The standard InChI is InChI=1S/C8H17N3O3S.ClH/c1-7(5-9)10-8(12)6-11-3-2-4-15(11,13)14;/h7H,2-6,9H2,1H3,(H,10,12);1H/t7-;/m1./s1. The molecular weight excluding hydrogens is 254 g/mol. The van der Waals surface area contributed by atoms with Crippen molar-refractivity contribution in [1.82, 2.24) is 9.62 Å². The van der Waals surface area contributed by atoms with Gasteiger partial charge in [-0.2, -0.15) is 4.31 Å². The van der Waals surface area contributed by atoms with Gasteiger partial charge < -0.3 is 11.1 Å². The number of hydrogen-bond acceptors (Lipinski definition) is 4. The van der Waals surface area contributed by atoms with E-state index >= 15 is 0 Å². The highest BCUT2D eigenvalue weighted by atomic mass is 35.5. The van der Waals surface area contributed by atoms with Gasteiger partial charge in [-0.15, -0.1) is 12.4 Å². The zero-order valence-corrected chi connectivity index (χ0v) is 10.8. The van der Waals surface area contributed by atoms with E-state index in [1.54, 1.807) is 6.92 Å². The predicted octanol–water partition coefficient (Wildman–Crippen LogP) is -1.09. The van der Waals surface area contributed by atoms with Crippen LogP contribution in [0.3, 0.4) is 0 Å². The molecule has 1 atom stereocenters. The summed E-state index contributed by atoms with van der Waals surface area (Å²) in [7, 11) is -3.18. The maximum atomic E-state index is 11.4. The number of nitrogens with zero attached hydrogens (tertiary/aromatic N) is 1. The third-order valence-electron chi connectivity index (χ3n) is 2.28. The van der Waals surface area contributed by atoms with Crippen LogP contribution >= 0.6 is 12.4 Å². The second-order valence-electron chi connectivity index (χ2n) is 3.71. The number of rotatable bonds is 4. The topological polar surface area (TPSA) is 92.5 Å². The van der Waals surface area contributed by atoms with Crippen LogP contribution in [0.1, 0.15) is 13.3 Å². The van der Waals surface area contributed by atoms with Gasteiger partial charge in [0.2, 0.25) is 15.9 Å². The molecule has 0 radical (unpaired) electrons. The molecule has 8 heteroatoms. The summed E-state index contributed by atoms with van der Waals surface area (Å²) in [5.41, 5.74) is 5.34. The molecule has 1 amide bonds. The molecule has 0 bridgehead atoms. The minimum absolute atomic E-state index is 0. The first kappa shape index (κ1) is 15.6. The molecule has 1 fully saturated rings. The fourth-order valence-electron chi connectivity index (χ4n) is 1.41. The average molecular weight is 272 g/mol. The van der Waals surface area contributed by atoms with Crippen molar-refractivity contribution in [3.63, 3.8) is 0 Å². The van der Waals surface area contributed by atoms with E-state index < -0.39 is 10.0 Å². The Balaban J connectivity index is 0.00000225. The Kier molecular flexibility index (Phi) is 6.24. The molecule has 0 aliphatic carbocycles. The third-order valence-corrected chi connectivity index (χ3v) is 4.19. The van der Waals surface area contributed by atoms with Gasteiger partial charge in [0.1, 0.15) is 0 Å². The number of hydrogen-bond donors (Lipinski definition) is 2. The SMILES string of the molecule is C[C@H](CN)NC(=O)CN1CCCS1(=O)=O.Cl. The predicted molar refractivity (Wildman–Crippen MR) is 63.9 cm³/mol. The van der Waals surface area contributed by atoms with Crippen LogP contribution in [0.5, 0.6) is 0 Å². The Morgan fingerprint density at radius 3 is 2.62 bits per heavy atom. The molecule has 0 aromatic rings. The molecule has 1 saturated heterocycles. The van der Waals surface area contributed by atoms with Crippen molar-refractivity contribution in [2.24, 2.45) is 5.73 Å². The van der Waals surface area contributed by atoms with Gasteiger partial charge in [0, 0.05) is 19.1 Å². The zero-order chi connectivity index (χ0) is 11.5. The number of amides is 1. The second-order valence-corrected chi connectivity index (χ2v) is 5.80. The quantitative estimate of drug-likeness (QED) is 0.679. The summed E-state index contributed by atoms with van der Waals surface area (Å²) in [6.45, 7) is 2.47. The highest BCUT2D eigenvalue weighted by molar-refractivity contribution is 7.89. The molecule has 16 heavy (non-hydrogen) atoms. The fraction of sp³-hybridized carbons (Fsp3) is 0.875. The Labute approximate surface area is 102 Å². The van der Waals surface area contributed by atoms with Gasteiger partial charge in [0.25, 0.3) is 0 Å². The van der Waals surface area contributed by atoms with Gasteiger partial charge in [0.05, 0.1) is 12.3 Å². The van der Waals surface area contributed by atoms with Crippen LogP contribution in [-0.2, 0) is 14.8 Å². The molecule has 0 aromatic heterocycles. The van der Waals surface area contributed by atoms with Crippen LogP contribution in [0.2, 0.25) is 0 Å². The van der Waals surface area contributed by atoms with Crippen LogP contribution in [0.15, 0.2) is 0 Å². The number of nitrogens with two attached hydrogens (primary N) is 1. The zero-order valence-electron chi connectivity index (χ0n) is 9.18. The fourth-order valence-corrected chi connectivity index (χ4v) is 2.88. The van der Waals surface area contributed by atoms with Crippen LogP contribution in [0, 0.1) is 0 Å². The van der Waals surface area contributed by atoms with Gasteiger partial charge in [0.15, 0.2) is 0 Å². The van der Waals surface area contributed by atoms with Crippen molar-refractivity contribution in [1.29, 1.82) is 0 Å². The third kappa shape index (κ3) is 4.25. The minimum Gasteiger partial charge on any atom is -0.351 e. The maximum absolute atomic E-state index is 11.4. The Morgan fingerprint density at radius 2 is 2.19 bits per heavy atom. The summed E-state index contributed by atoms with van der Waals surface area (Å²) < 4.78 is 24.0. The van der Waals surface area contributed by atoms with E-state index in [0.717, 1.165) is 0 Å². The molecule has 0 spiro atoms. The summed E-state index contributed by atoms with van der Waals surface area (Å²) in [5, 5.41) is 2.62. The van der Waals surface area contributed by atoms with E-state index in [9.17, 15) is 13.2 Å². The summed E-state index contributed by atoms with van der Waals surface area (Å²) in [6, 6.07) is -0.122. The molecule has 1 aliphatic heterocycles. The average Bonchev–Trinajstić information content (AvgIpc) is 2.45. The number of sulfonamides is 1. The van der Waals surface area contributed by atoms with Gasteiger partial charge >= 0.3 is 0 Å². The lowest BCUT2D eigenvalue weighted by Crippen LogP contribution is -2.44. The molecule has 0 unspecified atom stereocenters. The van der Waals surface area contributed by atoms with Crippen molar-refractivity contribution in [3.05, 3.63) is 0 Å². The van der Waals surface area contributed by atoms with E-state index in [0.29, 0.717) is 19.5 Å². The van der Waals surface area contributed by atoms with Gasteiger partial charge in [-0.3, -0.25) is 4.79 Å². The monoisotopic (exact) mass is 271 g/mol. The molecule has 96 valence electrons. The molecule has 1 rings (SSSR count). The molecular formula is C8H18ClN3O3S. The van der Waals surface area contributed by atoms with Crippen molar-refractivity contribution < 1.29 is 13.2 Å². The highest BCUT2D eigenvalue weighted by Gasteiger charge is 2.29. The van der Waals surface area contributed by atoms with Crippen molar-refractivity contribution >= 4 is 28.3 Å². The molecule has 0 aromatic carbocycles. The lowest BCUT2D eigenvalue weighted by molar-refractivity contribution is -0.121. The first-order valence-electron chi connectivity index (χ1n) is 4.93. The first-order chi connectivity index (χ1) is 6.95. The van der Waals surface area contributed by atoms with E-state index in [1.807, 2.05) is 0 Å². The summed E-state index contributed by atoms with van der Waals surface area (Å²) in [4.78, 5) is 11.4. The van der Waals surface area contributed by atoms with Gasteiger partial charge in [-0.05, 0) is 13.3 Å². The van der Waals surface area contributed by atoms with Crippen molar-refractivity contribution in [3.8, 4) is 0 Å². The molecule has 1 aliphatic rings. The summed E-state index contributed by atoms with van der Waals surface area (Å²) >= 11 is 0. The van der Waals surface area contributed by atoms with E-state index in [2.05, 4.69) is 5.32 Å². The molecule has 6 nitrogen and oxygen atoms in total.